The standard InChI is InChI=1S/C26H27N3O7S/c1-2-35-24(31)17-36-21-9-3-18(4-10-21)15-22-25(32)29(26(33)37-22)16-23(30)27-19-5-7-20(8-6-19)28-11-13-34-14-12-28/h3-10,15H,2,11-14,16-17H2,1H3,(H,27,30)/b22-15-. The highest BCUT2D eigenvalue weighted by Gasteiger charge is 2.36. The Hall–Kier alpha value is -3.83. The molecule has 11 heteroatoms. The van der Waals surface area contributed by atoms with Crippen molar-refractivity contribution in [2.75, 3.05) is 56.3 Å². The summed E-state index contributed by atoms with van der Waals surface area (Å²) in [4.78, 5) is 52.5. The van der Waals surface area contributed by atoms with E-state index in [0.717, 1.165) is 35.4 Å². The summed E-state index contributed by atoms with van der Waals surface area (Å²) in [6.45, 7) is 4.40. The Kier molecular flexibility index (Phi) is 8.81. The number of thioether (sulfide) groups is 1. The number of hydrogen-bond acceptors (Lipinski definition) is 9. The third-order valence-electron chi connectivity index (χ3n) is 5.54. The molecule has 0 radical (unpaired) electrons. The molecule has 2 aromatic carbocycles. The van der Waals surface area contributed by atoms with Gasteiger partial charge in [-0.2, -0.15) is 0 Å². The average molecular weight is 526 g/mol. The third kappa shape index (κ3) is 7.11. The minimum Gasteiger partial charge on any atom is -0.482 e. The van der Waals surface area contributed by atoms with Crippen molar-refractivity contribution < 1.29 is 33.4 Å². The molecule has 0 spiro atoms. The van der Waals surface area contributed by atoms with Crippen molar-refractivity contribution >= 4 is 52.2 Å². The highest BCUT2D eigenvalue weighted by atomic mass is 32.2. The summed E-state index contributed by atoms with van der Waals surface area (Å²) in [5, 5.41) is 2.22. The maximum Gasteiger partial charge on any atom is 0.344 e. The molecule has 2 fully saturated rings. The Morgan fingerprint density at radius 1 is 1.05 bits per heavy atom. The molecule has 2 aliphatic heterocycles. The Bertz CT molecular complexity index is 1180. The molecule has 0 saturated carbocycles. The van der Waals surface area contributed by atoms with E-state index >= 15 is 0 Å². The van der Waals surface area contributed by atoms with E-state index in [1.165, 1.54) is 0 Å². The topological polar surface area (TPSA) is 114 Å². The lowest BCUT2D eigenvalue weighted by molar-refractivity contribution is -0.145. The number of nitrogens with one attached hydrogen (secondary N) is 1. The predicted molar refractivity (Wildman–Crippen MR) is 139 cm³/mol. The van der Waals surface area contributed by atoms with Gasteiger partial charge in [0, 0.05) is 24.5 Å². The summed E-state index contributed by atoms with van der Waals surface area (Å²) in [5.74, 6) is -0.997. The van der Waals surface area contributed by atoms with Crippen LogP contribution in [0.1, 0.15) is 12.5 Å². The second kappa shape index (κ2) is 12.4. The first kappa shape index (κ1) is 26.2. The molecule has 37 heavy (non-hydrogen) atoms. The number of anilines is 2. The van der Waals surface area contributed by atoms with Gasteiger partial charge < -0.3 is 24.4 Å². The summed E-state index contributed by atoms with van der Waals surface area (Å²) >= 11 is 0.777. The van der Waals surface area contributed by atoms with Crippen molar-refractivity contribution in [1.82, 2.24) is 4.90 Å². The minimum atomic E-state index is -0.532. The lowest BCUT2D eigenvalue weighted by Crippen LogP contribution is -2.36. The van der Waals surface area contributed by atoms with Gasteiger partial charge in [-0.05, 0) is 66.7 Å². The van der Waals surface area contributed by atoms with E-state index in [0.29, 0.717) is 30.2 Å². The van der Waals surface area contributed by atoms with Crippen LogP contribution in [0.2, 0.25) is 0 Å². The number of nitrogens with zero attached hydrogens (tertiary/aromatic N) is 2. The molecule has 0 aromatic heterocycles. The van der Waals surface area contributed by atoms with Gasteiger partial charge in [-0.1, -0.05) is 12.1 Å². The molecular weight excluding hydrogens is 498 g/mol. The van der Waals surface area contributed by atoms with Gasteiger partial charge in [-0.25, -0.2) is 4.79 Å². The molecule has 0 atom stereocenters. The quantitative estimate of drug-likeness (QED) is 0.389. The third-order valence-corrected chi connectivity index (χ3v) is 6.45. The van der Waals surface area contributed by atoms with Crippen LogP contribution in [-0.4, -0.2) is 74.0 Å². The second-order valence-corrected chi connectivity index (χ2v) is 9.12. The van der Waals surface area contributed by atoms with Crippen LogP contribution in [0.25, 0.3) is 6.08 Å². The molecular formula is C26H27N3O7S. The highest BCUT2D eigenvalue weighted by molar-refractivity contribution is 8.18. The van der Waals surface area contributed by atoms with Crippen molar-refractivity contribution in [2.45, 2.75) is 6.92 Å². The van der Waals surface area contributed by atoms with E-state index in [-0.39, 0.29) is 24.7 Å². The lowest BCUT2D eigenvalue weighted by atomic mass is 10.2. The Morgan fingerprint density at radius 3 is 2.43 bits per heavy atom. The summed E-state index contributed by atoms with van der Waals surface area (Å²) in [5.41, 5.74) is 2.28. The van der Waals surface area contributed by atoms with Gasteiger partial charge in [0.15, 0.2) is 6.61 Å². The molecule has 0 unspecified atom stereocenters. The molecule has 2 heterocycles. The zero-order valence-corrected chi connectivity index (χ0v) is 21.1. The average Bonchev–Trinajstić information content (AvgIpc) is 3.16. The Morgan fingerprint density at radius 2 is 1.76 bits per heavy atom. The number of amides is 3. The van der Waals surface area contributed by atoms with Crippen LogP contribution in [0, 0.1) is 0 Å². The van der Waals surface area contributed by atoms with Crippen molar-refractivity contribution in [3.05, 3.63) is 59.0 Å². The summed E-state index contributed by atoms with van der Waals surface area (Å²) in [6, 6.07) is 14.1. The number of rotatable bonds is 9. The molecule has 0 aliphatic carbocycles. The zero-order chi connectivity index (χ0) is 26.2. The van der Waals surface area contributed by atoms with Crippen LogP contribution in [0.4, 0.5) is 16.2 Å². The molecule has 2 saturated heterocycles. The van der Waals surface area contributed by atoms with E-state index in [1.807, 2.05) is 12.1 Å². The summed E-state index contributed by atoms with van der Waals surface area (Å²) in [6.07, 6.45) is 1.57. The lowest BCUT2D eigenvalue weighted by Gasteiger charge is -2.28. The van der Waals surface area contributed by atoms with Gasteiger partial charge in [0.2, 0.25) is 5.91 Å². The number of morpholine rings is 1. The number of carbonyl (C=O) groups excluding carboxylic acids is 4. The van der Waals surface area contributed by atoms with Gasteiger partial charge in [0.1, 0.15) is 12.3 Å². The van der Waals surface area contributed by atoms with Crippen LogP contribution < -0.4 is 15.0 Å². The fraction of sp³-hybridized carbons (Fsp3) is 0.308. The molecule has 2 aliphatic rings. The predicted octanol–water partition coefficient (Wildman–Crippen LogP) is 3.14. The van der Waals surface area contributed by atoms with Crippen LogP contribution in [-0.2, 0) is 23.9 Å². The molecule has 1 N–H and O–H groups in total. The minimum absolute atomic E-state index is 0.202. The van der Waals surface area contributed by atoms with Gasteiger partial charge in [-0.15, -0.1) is 0 Å². The smallest absolute Gasteiger partial charge is 0.344 e. The summed E-state index contributed by atoms with van der Waals surface area (Å²) in [7, 11) is 0. The fourth-order valence-electron chi connectivity index (χ4n) is 3.71. The van der Waals surface area contributed by atoms with Gasteiger partial charge in [0.05, 0.1) is 24.7 Å². The number of ether oxygens (including phenoxy) is 3. The number of hydrogen-bond donors (Lipinski definition) is 1. The zero-order valence-electron chi connectivity index (χ0n) is 20.3. The summed E-state index contributed by atoms with van der Waals surface area (Å²) < 4.78 is 15.5. The Labute approximate surface area is 218 Å². The van der Waals surface area contributed by atoms with Gasteiger partial charge in [0.25, 0.3) is 11.1 Å². The normalized spacial score (nSPS) is 16.7. The maximum atomic E-state index is 12.8. The van der Waals surface area contributed by atoms with Crippen molar-refractivity contribution in [3.63, 3.8) is 0 Å². The van der Waals surface area contributed by atoms with Gasteiger partial charge >= 0.3 is 5.97 Å². The van der Waals surface area contributed by atoms with Crippen LogP contribution >= 0.6 is 11.8 Å². The fourth-order valence-corrected chi connectivity index (χ4v) is 4.55. The van der Waals surface area contributed by atoms with E-state index < -0.39 is 23.0 Å². The SMILES string of the molecule is CCOC(=O)COc1ccc(/C=C2\SC(=O)N(CC(=O)Nc3ccc(N4CCOCC4)cc3)C2=O)cc1. The van der Waals surface area contributed by atoms with Gasteiger partial charge in [-0.3, -0.25) is 19.3 Å². The first-order valence-electron chi connectivity index (χ1n) is 11.8. The van der Waals surface area contributed by atoms with Crippen molar-refractivity contribution in [1.29, 1.82) is 0 Å². The van der Waals surface area contributed by atoms with E-state index in [2.05, 4.69) is 10.2 Å². The first-order chi connectivity index (χ1) is 17.9. The first-order valence-corrected chi connectivity index (χ1v) is 12.6. The van der Waals surface area contributed by atoms with E-state index in [1.54, 1.807) is 49.4 Å². The second-order valence-electron chi connectivity index (χ2n) is 8.13. The van der Waals surface area contributed by atoms with Crippen LogP contribution in [0.5, 0.6) is 5.75 Å². The number of carbonyl (C=O) groups is 4. The van der Waals surface area contributed by atoms with Crippen molar-refractivity contribution in [2.24, 2.45) is 0 Å². The van der Waals surface area contributed by atoms with Crippen LogP contribution in [0.3, 0.4) is 0 Å². The molecule has 10 nitrogen and oxygen atoms in total. The molecule has 194 valence electrons. The molecule has 4 rings (SSSR count). The number of imide groups is 1. The largest absolute Gasteiger partial charge is 0.482 e. The Balaban J connectivity index is 1.30. The number of esters is 1. The van der Waals surface area contributed by atoms with E-state index in [4.69, 9.17) is 14.2 Å². The maximum absolute atomic E-state index is 12.8. The molecule has 0 bridgehead atoms. The van der Waals surface area contributed by atoms with Crippen LogP contribution in [0.15, 0.2) is 53.4 Å². The van der Waals surface area contributed by atoms with E-state index in [9.17, 15) is 19.2 Å². The molecule has 2 aromatic rings. The van der Waals surface area contributed by atoms with Crippen molar-refractivity contribution in [3.8, 4) is 5.75 Å². The monoisotopic (exact) mass is 525 g/mol. The molecule has 3 amide bonds. The highest BCUT2D eigenvalue weighted by Crippen LogP contribution is 2.32. The number of benzene rings is 2.